The van der Waals surface area contributed by atoms with Gasteiger partial charge in [-0.3, -0.25) is 4.79 Å². The Morgan fingerprint density at radius 3 is 2.88 bits per heavy atom. The SMILES string of the molecule is CNC1CCCN(C(=O)C2CCCCN2)C1. The number of nitrogens with one attached hydrogen (secondary N) is 2. The second-order valence-corrected chi connectivity index (χ2v) is 4.91. The molecule has 2 saturated heterocycles. The molecule has 2 N–H and O–H groups in total. The molecule has 1 amide bonds. The molecule has 2 unspecified atom stereocenters. The van der Waals surface area contributed by atoms with Gasteiger partial charge in [0.2, 0.25) is 5.91 Å². The topological polar surface area (TPSA) is 44.4 Å². The minimum Gasteiger partial charge on any atom is -0.340 e. The summed E-state index contributed by atoms with van der Waals surface area (Å²) in [5.41, 5.74) is 0. The van der Waals surface area contributed by atoms with Gasteiger partial charge in [0, 0.05) is 19.1 Å². The van der Waals surface area contributed by atoms with Crippen molar-refractivity contribution in [1.29, 1.82) is 0 Å². The van der Waals surface area contributed by atoms with E-state index in [1.54, 1.807) is 0 Å². The smallest absolute Gasteiger partial charge is 0.239 e. The highest BCUT2D eigenvalue weighted by Gasteiger charge is 2.28. The van der Waals surface area contributed by atoms with Crippen molar-refractivity contribution in [3.05, 3.63) is 0 Å². The van der Waals surface area contributed by atoms with Crippen molar-refractivity contribution in [1.82, 2.24) is 15.5 Å². The van der Waals surface area contributed by atoms with Crippen LogP contribution in [0.4, 0.5) is 0 Å². The summed E-state index contributed by atoms with van der Waals surface area (Å²) in [7, 11) is 1.98. The van der Waals surface area contributed by atoms with Crippen LogP contribution < -0.4 is 10.6 Å². The molecule has 4 nitrogen and oxygen atoms in total. The molecule has 2 aliphatic rings. The van der Waals surface area contributed by atoms with Crippen molar-refractivity contribution in [2.24, 2.45) is 0 Å². The number of carbonyl (C=O) groups excluding carboxylic acids is 1. The molecule has 2 rings (SSSR count). The van der Waals surface area contributed by atoms with Gasteiger partial charge in [-0.25, -0.2) is 0 Å². The molecule has 0 aromatic rings. The normalized spacial score (nSPS) is 31.4. The molecule has 0 aromatic heterocycles. The van der Waals surface area contributed by atoms with Crippen LogP contribution in [0.3, 0.4) is 0 Å². The van der Waals surface area contributed by atoms with Crippen molar-refractivity contribution in [3.63, 3.8) is 0 Å². The maximum Gasteiger partial charge on any atom is 0.239 e. The summed E-state index contributed by atoms with van der Waals surface area (Å²) in [6.45, 7) is 2.82. The van der Waals surface area contributed by atoms with Crippen molar-refractivity contribution in [3.8, 4) is 0 Å². The highest BCUT2D eigenvalue weighted by molar-refractivity contribution is 5.82. The van der Waals surface area contributed by atoms with E-state index in [-0.39, 0.29) is 6.04 Å². The second kappa shape index (κ2) is 5.64. The van der Waals surface area contributed by atoms with Crippen LogP contribution in [0.1, 0.15) is 32.1 Å². The molecule has 92 valence electrons. The lowest BCUT2D eigenvalue weighted by Gasteiger charge is -2.36. The monoisotopic (exact) mass is 225 g/mol. The number of piperidine rings is 2. The van der Waals surface area contributed by atoms with E-state index >= 15 is 0 Å². The molecule has 0 saturated carbocycles. The van der Waals surface area contributed by atoms with Gasteiger partial charge in [-0.1, -0.05) is 6.42 Å². The van der Waals surface area contributed by atoms with E-state index in [9.17, 15) is 4.79 Å². The third-order valence-corrected chi connectivity index (χ3v) is 3.75. The summed E-state index contributed by atoms with van der Waals surface area (Å²) in [5, 5.41) is 6.61. The summed E-state index contributed by atoms with van der Waals surface area (Å²) in [6, 6.07) is 0.575. The molecule has 2 heterocycles. The van der Waals surface area contributed by atoms with Crippen LogP contribution in [0.15, 0.2) is 0 Å². The fourth-order valence-corrected chi connectivity index (χ4v) is 2.70. The average Bonchev–Trinajstić information content (AvgIpc) is 2.39. The first-order valence-electron chi connectivity index (χ1n) is 6.50. The molecule has 4 heteroatoms. The fraction of sp³-hybridized carbons (Fsp3) is 0.917. The molecule has 0 aromatic carbocycles. The molecule has 16 heavy (non-hydrogen) atoms. The lowest BCUT2D eigenvalue weighted by atomic mass is 10.0. The molecule has 0 bridgehead atoms. The van der Waals surface area contributed by atoms with Crippen LogP contribution in [0.2, 0.25) is 0 Å². The summed E-state index contributed by atoms with van der Waals surface area (Å²) >= 11 is 0. The van der Waals surface area contributed by atoms with Gasteiger partial charge in [0.15, 0.2) is 0 Å². The molecule has 0 spiro atoms. The molecule has 0 aliphatic carbocycles. The molecule has 2 atom stereocenters. The van der Waals surface area contributed by atoms with Crippen LogP contribution in [0, 0.1) is 0 Å². The highest BCUT2D eigenvalue weighted by atomic mass is 16.2. The Hall–Kier alpha value is -0.610. The second-order valence-electron chi connectivity index (χ2n) is 4.91. The highest BCUT2D eigenvalue weighted by Crippen LogP contribution is 2.14. The van der Waals surface area contributed by atoms with Crippen LogP contribution in [0.5, 0.6) is 0 Å². The van der Waals surface area contributed by atoms with E-state index < -0.39 is 0 Å². The standard InChI is InChI=1S/C12H23N3O/c1-13-10-5-4-8-15(9-10)12(16)11-6-2-3-7-14-11/h10-11,13-14H,2-9H2,1H3. The van der Waals surface area contributed by atoms with Crippen LogP contribution in [0.25, 0.3) is 0 Å². The Kier molecular flexibility index (Phi) is 4.18. The summed E-state index contributed by atoms with van der Waals surface area (Å²) in [4.78, 5) is 14.3. The van der Waals surface area contributed by atoms with Gasteiger partial charge < -0.3 is 15.5 Å². The Balaban J connectivity index is 1.87. The molecule has 2 fully saturated rings. The Bertz CT molecular complexity index is 238. The fourth-order valence-electron chi connectivity index (χ4n) is 2.70. The van der Waals surface area contributed by atoms with Gasteiger partial charge >= 0.3 is 0 Å². The summed E-state index contributed by atoms with van der Waals surface area (Å²) < 4.78 is 0. The van der Waals surface area contributed by atoms with Gasteiger partial charge in [-0.15, -0.1) is 0 Å². The number of hydrogen-bond acceptors (Lipinski definition) is 3. The maximum absolute atomic E-state index is 12.3. The zero-order chi connectivity index (χ0) is 11.4. The third-order valence-electron chi connectivity index (χ3n) is 3.75. The first kappa shape index (κ1) is 11.9. The number of amides is 1. The predicted octanol–water partition coefficient (Wildman–Crippen LogP) is 0.339. The molecular formula is C12H23N3O. The average molecular weight is 225 g/mol. The van der Waals surface area contributed by atoms with Crippen LogP contribution >= 0.6 is 0 Å². The lowest BCUT2D eigenvalue weighted by molar-refractivity contribution is -0.135. The van der Waals surface area contributed by atoms with E-state index in [1.807, 2.05) is 11.9 Å². The molecular weight excluding hydrogens is 202 g/mol. The van der Waals surface area contributed by atoms with E-state index in [4.69, 9.17) is 0 Å². The largest absolute Gasteiger partial charge is 0.340 e. The quantitative estimate of drug-likeness (QED) is 0.712. The maximum atomic E-state index is 12.3. The lowest BCUT2D eigenvalue weighted by Crippen LogP contribution is -2.54. The minimum absolute atomic E-state index is 0.0874. The third kappa shape index (κ3) is 2.74. The minimum atomic E-state index is 0.0874. The zero-order valence-electron chi connectivity index (χ0n) is 10.2. The molecule has 0 radical (unpaired) electrons. The summed E-state index contributed by atoms with van der Waals surface area (Å²) in [6.07, 6.45) is 5.73. The number of nitrogens with zero attached hydrogens (tertiary/aromatic N) is 1. The Morgan fingerprint density at radius 2 is 2.19 bits per heavy atom. The Labute approximate surface area is 97.8 Å². The number of rotatable bonds is 2. The van der Waals surface area contributed by atoms with E-state index in [0.717, 1.165) is 32.5 Å². The number of likely N-dealkylation sites (N-methyl/N-ethyl adjacent to an activating group) is 1. The first-order valence-corrected chi connectivity index (χ1v) is 6.50. The zero-order valence-corrected chi connectivity index (χ0v) is 10.2. The molecule has 2 aliphatic heterocycles. The van der Waals surface area contributed by atoms with E-state index in [1.165, 1.54) is 19.3 Å². The van der Waals surface area contributed by atoms with Crippen molar-refractivity contribution < 1.29 is 4.79 Å². The van der Waals surface area contributed by atoms with Gasteiger partial charge in [-0.2, -0.15) is 0 Å². The predicted molar refractivity (Wildman–Crippen MR) is 64.3 cm³/mol. The van der Waals surface area contributed by atoms with Gasteiger partial charge in [0.05, 0.1) is 6.04 Å². The number of likely N-dealkylation sites (tertiary alicyclic amines) is 1. The van der Waals surface area contributed by atoms with E-state index in [0.29, 0.717) is 11.9 Å². The van der Waals surface area contributed by atoms with Gasteiger partial charge in [0.1, 0.15) is 0 Å². The summed E-state index contributed by atoms with van der Waals surface area (Å²) in [5.74, 6) is 0.319. The number of hydrogen-bond donors (Lipinski definition) is 2. The number of carbonyl (C=O) groups is 1. The first-order chi connectivity index (χ1) is 7.81. The van der Waals surface area contributed by atoms with Crippen LogP contribution in [-0.2, 0) is 4.79 Å². The van der Waals surface area contributed by atoms with Crippen molar-refractivity contribution in [2.45, 2.75) is 44.2 Å². The van der Waals surface area contributed by atoms with Crippen molar-refractivity contribution in [2.75, 3.05) is 26.7 Å². The van der Waals surface area contributed by atoms with Gasteiger partial charge in [-0.05, 0) is 39.3 Å². The van der Waals surface area contributed by atoms with Crippen molar-refractivity contribution >= 4 is 5.91 Å². The van der Waals surface area contributed by atoms with Crippen LogP contribution in [-0.4, -0.2) is 49.6 Å². The Morgan fingerprint density at radius 1 is 1.31 bits per heavy atom. The van der Waals surface area contributed by atoms with Gasteiger partial charge in [0.25, 0.3) is 0 Å². The van der Waals surface area contributed by atoms with E-state index in [2.05, 4.69) is 10.6 Å².